The molecule has 0 aliphatic rings. The van der Waals surface area contributed by atoms with Crippen LogP contribution >= 0.6 is 0 Å². The Morgan fingerprint density at radius 3 is 2.52 bits per heavy atom. The molecule has 0 aliphatic carbocycles. The summed E-state index contributed by atoms with van der Waals surface area (Å²) in [6.07, 6.45) is 2.40. The fourth-order valence-electron chi connectivity index (χ4n) is 2.45. The number of carbonyl (C=O) groups excluding carboxylic acids is 1. The lowest BCUT2D eigenvalue weighted by molar-refractivity contribution is -0.384. The quantitative estimate of drug-likeness (QED) is 0.390. The van der Waals surface area contributed by atoms with Crippen molar-refractivity contribution >= 4 is 17.8 Å². The van der Waals surface area contributed by atoms with Crippen molar-refractivity contribution < 1.29 is 14.1 Å². The summed E-state index contributed by atoms with van der Waals surface area (Å²) in [4.78, 5) is 22.0. The molecule has 0 radical (unpaired) electrons. The van der Waals surface area contributed by atoms with E-state index in [1.54, 1.807) is 24.3 Å². The maximum Gasteiger partial charge on any atom is 0.269 e. The second kappa shape index (κ2) is 8.57. The van der Waals surface area contributed by atoms with Gasteiger partial charge in [0.05, 0.1) is 11.1 Å². The zero-order valence-electron chi connectivity index (χ0n) is 14.4. The highest BCUT2D eigenvalue weighted by molar-refractivity contribution is 5.81. The topological polar surface area (TPSA) is 97.7 Å². The van der Waals surface area contributed by atoms with Crippen LogP contribution in [0.5, 0.6) is 0 Å². The third-order valence-corrected chi connectivity index (χ3v) is 3.85. The SMILES string of the molecule is O=C(CCc1ccccc1)N/N=C\c1ccc(-c2ccc([N+](=O)[O-])cc2)o1. The van der Waals surface area contributed by atoms with Gasteiger partial charge in [-0.25, -0.2) is 5.43 Å². The molecule has 3 rings (SSSR count). The predicted octanol–water partition coefficient (Wildman–Crippen LogP) is 3.94. The highest BCUT2D eigenvalue weighted by atomic mass is 16.6. The number of nitro benzene ring substituents is 1. The van der Waals surface area contributed by atoms with E-state index in [1.807, 2.05) is 30.3 Å². The van der Waals surface area contributed by atoms with E-state index in [2.05, 4.69) is 10.5 Å². The number of benzene rings is 2. The Labute approximate surface area is 155 Å². The Balaban J connectivity index is 1.52. The molecule has 7 nitrogen and oxygen atoms in total. The van der Waals surface area contributed by atoms with Crippen molar-refractivity contribution in [2.45, 2.75) is 12.8 Å². The first-order valence-corrected chi connectivity index (χ1v) is 8.32. The van der Waals surface area contributed by atoms with Gasteiger partial charge in [-0.05, 0) is 36.2 Å². The van der Waals surface area contributed by atoms with Gasteiger partial charge in [0.15, 0.2) is 0 Å². The number of aryl methyl sites for hydroxylation is 1. The minimum Gasteiger partial charge on any atom is -0.455 e. The molecule has 2 aromatic carbocycles. The van der Waals surface area contributed by atoms with E-state index in [-0.39, 0.29) is 11.6 Å². The van der Waals surface area contributed by atoms with Gasteiger partial charge in [0.1, 0.15) is 11.5 Å². The van der Waals surface area contributed by atoms with Crippen molar-refractivity contribution in [1.82, 2.24) is 5.43 Å². The normalized spacial score (nSPS) is 10.8. The molecule has 0 saturated carbocycles. The molecule has 0 aliphatic heterocycles. The predicted molar refractivity (Wildman–Crippen MR) is 101 cm³/mol. The third-order valence-electron chi connectivity index (χ3n) is 3.85. The minimum absolute atomic E-state index is 0.0188. The Morgan fingerprint density at radius 1 is 1.07 bits per heavy atom. The molecule has 0 bridgehead atoms. The number of hydrogen-bond acceptors (Lipinski definition) is 5. The molecule has 0 saturated heterocycles. The number of furan rings is 1. The number of nitrogens with one attached hydrogen (secondary N) is 1. The van der Waals surface area contributed by atoms with E-state index in [4.69, 9.17) is 4.42 Å². The summed E-state index contributed by atoms with van der Waals surface area (Å²) in [6.45, 7) is 0. The average Bonchev–Trinajstić information content (AvgIpc) is 3.16. The molecule has 0 spiro atoms. The smallest absolute Gasteiger partial charge is 0.269 e. The summed E-state index contributed by atoms with van der Waals surface area (Å²) in [7, 11) is 0. The molecule has 1 aromatic heterocycles. The molecule has 136 valence electrons. The maximum absolute atomic E-state index is 11.8. The molecule has 0 atom stereocenters. The summed E-state index contributed by atoms with van der Waals surface area (Å²) < 4.78 is 5.61. The van der Waals surface area contributed by atoms with Gasteiger partial charge >= 0.3 is 0 Å². The second-order valence-corrected chi connectivity index (χ2v) is 5.78. The zero-order valence-corrected chi connectivity index (χ0v) is 14.4. The van der Waals surface area contributed by atoms with Crippen LogP contribution in [0.1, 0.15) is 17.7 Å². The van der Waals surface area contributed by atoms with Crippen molar-refractivity contribution in [1.29, 1.82) is 0 Å². The Hall–Kier alpha value is -3.74. The highest BCUT2D eigenvalue weighted by Crippen LogP contribution is 2.23. The van der Waals surface area contributed by atoms with Crippen LogP contribution in [0.4, 0.5) is 5.69 Å². The van der Waals surface area contributed by atoms with Crippen molar-refractivity contribution in [2.24, 2.45) is 5.10 Å². The van der Waals surface area contributed by atoms with Crippen LogP contribution in [0, 0.1) is 10.1 Å². The largest absolute Gasteiger partial charge is 0.455 e. The van der Waals surface area contributed by atoms with Crippen molar-refractivity contribution in [3.05, 3.63) is 88.2 Å². The summed E-state index contributed by atoms with van der Waals surface area (Å²) in [6, 6.07) is 19.2. The zero-order chi connectivity index (χ0) is 19.1. The van der Waals surface area contributed by atoms with Crippen LogP contribution < -0.4 is 5.43 Å². The fraction of sp³-hybridized carbons (Fsp3) is 0.100. The van der Waals surface area contributed by atoms with Crippen LogP contribution in [0.15, 0.2) is 76.2 Å². The van der Waals surface area contributed by atoms with E-state index in [0.717, 1.165) is 5.56 Å². The first-order chi connectivity index (χ1) is 13.1. The van der Waals surface area contributed by atoms with E-state index >= 15 is 0 Å². The standard InChI is InChI=1S/C20H17N3O4/c24-20(13-6-15-4-2-1-3-5-15)22-21-14-18-11-12-19(27-18)16-7-9-17(10-8-16)23(25)26/h1-5,7-12,14H,6,13H2,(H,22,24)/b21-14-. The highest BCUT2D eigenvalue weighted by Gasteiger charge is 2.08. The fourth-order valence-corrected chi connectivity index (χ4v) is 2.45. The van der Waals surface area contributed by atoms with Gasteiger partial charge in [-0.15, -0.1) is 0 Å². The molecule has 0 fully saturated rings. The van der Waals surface area contributed by atoms with Gasteiger partial charge in [-0.1, -0.05) is 30.3 Å². The summed E-state index contributed by atoms with van der Waals surface area (Å²) in [5, 5.41) is 14.6. The second-order valence-electron chi connectivity index (χ2n) is 5.78. The van der Waals surface area contributed by atoms with E-state index < -0.39 is 4.92 Å². The molecular formula is C20H17N3O4. The minimum atomic E-state index is -0.454. The number of amides is 1. The van der Waals surface area contributed by atoms with Crippen LogP contribution in [0.25, 0.3) is 11.3 Å². The first-order valence-electron chi connectivity index (χ1n) is 8.32. The number of rotatable bonds is 7. The maximum atomic E-state index is 11.8. The Morgan fingerprint density at radius 2 is 1.81 bits per heavy atom. The molecule has 1 N–H and O–H groups in total. The lowest BCUT2D eigenvalue weighted by Crippen LogP contribution is -2.17. The van der Waals surface area contributed by atoms with Gasteiger partial charge < -0.3 is 4.42 Å². The van der Waals surface area contributed by atoms with Gasteiger partial charge in [-0.2, -0.15) is 5.10 Å². The van der Waals surface area contributed by atoms with E-state index in [9.17, 15) is 14.9 Å². The first kappa shape index (κ1) is 18.1. The summed E-state index contributed by atoms with van der Waals surface area (Å²) >= 11 is 0. The molecule has 27 heavy (non-hydrogen) atoms. The van der Waals surface area contributed by atoms with Crippen LogP contribution in [0.2, 0.25) is 0 Å². The van der Waals surface area contributed by atoms with Crippen molar-refractivity contribution in [3.8, 4) is 11.3 Å². The number of hydrazone groups is 1. The Kier molecular flexibility index (Phi) is 5.73. The number of non-ortho nitro benzene ring substituents is 1. The van der Waals surface area contributed by atoms with Gasteiger partial charge in [0, 0.05) is 24.1 Å². The molecule has 3 aromatic rings. The average molecular weight is 363 g/mol. The molecular weight excluding hydrogens is 346 g/mol. The van der Waals surface area contributed by atoms with Crippen LogP contribution in [0.3, 0.4) is 0 Å². The van der Waals surface area contributed by atoms with Crippen LogP contribution in [-0.2, 0) is 11.2 Å². The molecule has 7 heteroatoms. The van der Waals surface area contributed by atoms with Gasteiger partial charge in [-0.3, -0.25) is 14.9 Å². The van der Waals surface area contributed by atoms with E-state index in [1.165, 1.54) is 18.3 Å². The van der Waals surface area contributed by atoms with Gasteiger partial charge in [0.25, 0.3) is 5.69 Å². The molecule has 1 amide bonds. The lowest BCUT2D eigenvalue weighted by Gasteiger charge is -2.00. The van der Waals surface area contributed by atoms with Crippen LogP contribution in [-0.4, -0.2) is 17.0 Å². The third kappa shape index (κ3) is 5.12. The van der Waals surface area contributed by atoms with Crippen molar-refractivity contribution in [3.63, 3.8) is 0 Å². The van der Waals surface area contributed by atoms with Gasteiger partial charge in [0.2, 0.25) is 5.91 Å². The summed E-state index contributed by atoms with van der Waals surface area (Å²) in [5.74, 6) is 0.839. The Bertz CT molecular complexity index is 947. The number of nitro groups is 1. The van der Waals surface area contributed by atoms with Crippen molar-refractivity contribution in [2.75, 3.05) is 0 Å². The van der Waals surface area contributed by atoms with E-state index in [0.29, 0.717) is 29.9 Å². The summed E-state index contributed by atoms with van der Waals surface area (Å²) in [5.41, 5.74) is 4.29. The number of nitrogens with zero attached hydrogens (tertiary/aromatic N) is 2. The molecule has 1 heterocycles. The number of carbonyl (C=O) groups is 1. The monoisotopic (exact) mass is 363 g/mol. The molecule has 0 unspecified atom stereocenters. The number of hydrogen-bond donors (Lipinski definition) is 1. The lowest BCUT2D eigenvalue weighted by atomic mass is 10.1.